The summed E-state index contributed by atoms with van der Waals surface area (Å²) in [5.74, 6) is 0. The predicted octanol–water partition coefficient (Wildman–Crippen LogP) is 2.04. The second-order valence-corrected chi connectivity index (χ2v) is 5.44. The molecule has 0 saturated carbocycles. The van der Waals surface area contributed by atoms with E-state index in [1.165, 1.54) is 0 Å². The van der Waals surface area contributed by atoms with E-state index in [2.05, 4.69) is 10.6 Å². The molecule has 1 unspecified atom stereocenters. The van der Waals surface area contributed by atoms with E-state index in [4.69, 9.17) is 22.7 Å². The highest BCUT2D eigenvalue weighted by Gasteiger charge is 2.20. The normalized spacial score (nSPS) is 12.4. The number of carbonyl (C=O) groups excluding carboxylic acids is 1. The molecular formula is C13H19N3O2S. The van der Waals surface area contributed by atoms with Gasteiger partial charge in [-0.2, -0.15) is 0 Å². The largest absolute Gasteiger partial charge is 0.444 e. The van der Waals surface area contributed by atoms with Crippen molar-refractivity contribution in [2.24, 2.45) is 5.73 Å². The van der Waals surface area contributed by atoms with Crippen LogP contribution in [0.1, 0.15) is 32.5 Å². The minimum absolute atomic E-state index is 0.102. The van der Waals surface area contributed by atoms with Gasteiger partial charge in [0, 0.05) is 0 Å². The quantitative estimate of drug-likeness (QED) is 0.584. The minimum Gasteiger partial charge on any atom is -0.444 e. The van der Waals surface area contributed by atoms with Crippen LogP contribution >= 0.6 is 12.2 Å². The van der Waals surface area contributed by atoms with Gasteiger partial charge in [0.1, 0.15) is 11.8 Å². The molecule has 0 bridgehead atoms. The first kappa shape index (κ1) is 15.2. The topological polar surface area (TPSA) is 76.4 Å². The summed E-state index contributed by atoms with van der Waals surface area (Å²) in [5, 5.41) is 5.59. The van der Waals surface area contributed by atoms with E-state index in [-0.39, 0.29) is 5.11 Å². The minimum atomic E-state index is -0.561. The van der Waals surface area contributed by atoms with Crippen LogP contribution < -0.4 is 16.4 Å². The second-order valence-electron chi connectivity index (χ2n) is 5.00. The zero-order valence-electron chi connectivity index (χ0n) is 11.3. The molecule has 1 aromatic carbocycles. The summed E-state index contributed by atoms with van der Waals surface area (Å²) >= 11 is 4.81. The molecule has 1 aromatic rings. The van der Waals surface area contributed by atoms with E-state index in [1.54, 1.807) is 20.8 Å². The zero-order chi connectivity index (χ0) is 14.5. The summed E-state index contributed by atoms with van der Waals surface area (Å²) in [6.45, 7) is 5.39. The van der Waals surface area contributed by atoms with Gasteiger partial charge in [-0.05, 0) is 38.6 Å². The average molecular weight is 281 g/mol. The summed E-state index contributed by atoms with van der Waals surface area (Å²) in [6.07, 6.45) is -1.06. The smallest absolute Gasteiger partial charge is 0.409 e. The molecular weight excluding hydrogens is 262 g/mol. The summed E-state index contributed by atoms with van der Waals surface area (Å²) in [6, 6.07) is 9.32. The van der Waals surface area contributed by atoms with Crippen LogP contribution in [0, 0.1) is 0 Å². The summed E-state index contributed by atoms with van der Waals surface area (Å²) < 4.78 is 5.20. The van der Waals surface area contributed by atoms with Crippen molar-refractivity contribution in [2.45, 2.75) is 32.5 Å². The summed E-state index contributed by atoms with van der Waals surface area (Å²) in [5.41, 5.74) is 5.74. The van der Waals surface area contributed by atoms with Gasteiger partial charge in [0.2, 0.25) is 0 Å². The number of carbonyl (C=O) groups is 1. The molecule has 4 N–H and O–H groups in total. The van der Waals surface area contributed by atoms with Crippen molar-refractivity contribution in [3.05, 3.63) is 35.9 Å². The molecule has 0 aliphatic rings. The lowest BCUT2D eigenvalue weighted by molar-refractivity contribution is 0.0499. The Hall–Kier alpha value is -1.82. The monoisotopic (exact) mass is 281 g/mol. The SMILES string of the molecule is CC(C)(C)OC(=O)NC(NC(N)=S)c1ccccc1. The molecule has 0 spiro atoms. The Labute approximate surface area is 118 Å². The van der Waals surface area contributed by atoms with Gasteiger partial charge in [0.25, 0.3) is 0 Å². The zero-order valence-corrected chi connectivity index (χ0v) is 12.1. The third-order valence-corrected chi connectivity index (χ3v) is 2.20. The van der Waals surface area contributed by atoms with Gasteiger partial charge in [-0.3, -0.25) is 5.32 Å². The highest BCUT2D eigenvalue weighted by Crippen LogP contribution is 2.12. The van der Waals surface area contributed by atoms with Gasteiger partial charge in [-0.15, -0.1) is 0 Å². The number of thiocarbonyl (C=S) groups is 1. The maximum absolute atomic E-state index is 11.8. The number of benzene rings is 1. The number of hydrogen-bond acceptors (Lipinski definition) is 3. The number of rotatable bonds is 3. The van der Waals surface area contributed by atoms with Gasteiger partial charge in [0.05, 0.1) is 0 Å². The first-order valence-corrected chi connectivity index (χ1v) is 6.29. The fourth-order valence-electron chi connectivity index (χ4n) is 1.42. The van der Waals surface area contributed by atoms with Crippen LogP contribution in [0.4, 0.5) is 4.79 Å². The van der Waals surface area contributed by atoms with E-state index in [0.29, 0.717) is 0 Å². The lowest BCUT2D eigenvalue weighted by Gasteiger charge is -2.24. The van der Waals surface area contributed by atoms with Crippen molar-refractivity contribution < 1.29 is 9.53 Å². The van der Waals surface area contributed by atoms with Crippen LogP contribution in [0.5, 0.6) is 0 Å². The fraction of sp³-hybridized carbons (Fsp3) is 0.385. The molecule has 6 heteroatoms. The molecule has 0 heterocycles. The lowest BCUT2D eigenvalue weighted by Crippen LogP contribution is -2.44. The van der Waals surface area contributed by atoms with Gasteiger partial charge in [-0.1, -0.05) is 30.3 Å². The Morgan fingerprint density at radius 2 is 1.84 bits per heavy atom. The third-order valence-electron chi connectivity index (χ3n) is 2.08. The highest BCUT2D eigenvalue weighted by atomic mass is 32.1. The van der Waals surface area contributed by atoms with E-state index < -0.39 is 17.9 Å². The van der Waals surface area contributed by atoms with Crippen LogP contribution in [0.25, 0.3) is 0 Å². The van der Waals surface area contributed by atoms with Crippen molar-refractivity contribution in [1.29, 1.82) is 0 Å². The lowest BCUT2D eigenvalue weighted by atomic mass is 10.2. The molecule has 0 aromatic heterocycles. The van der Waals surface area contributed by atoms with Crippen LogP contribution in [-0.2, 0) is 4.74 Å². The standard InChI is InChI=1S/C13H19N3O2S/c1-13(2,3)18-12(17)16-10(15-11(14)19)9-7-5-4-6-8-9/h4-8,10H,1-3H3,(H,16,17)(H3,14,15,19). The Kier molecular flexibility index (Phi) is 5.11. The van der Waals surface area contributed by atoms with Crippen molar-refractivity contribution in [3.63, 3.8) is 0 Å². The maximum atomic E-state index is 11.8. The van der Waals surface area contributed by atoms with E-state index in [9.17, 15) is 4.79 Å². The van der Waals surface area contributed by atoms with Crippen LogP contribution in [-0.4, -0.2) is 16.8 Å². The molecule has 0 radical (unpaired) electrons. The number of alkyl carbamates (subject to hydrolysis) is 1. The number of nitrogens with one attached hydrogen (secondary N) is 2. The molecule has 19 heavy (non-hydrogen) atoms. The maximum Gasteiger partial charge on any atom is 0.409 e. The molecule has 0 aliphatic carbocycles. The van der Waals surface area contributed by atoms with Gasteiger partial charge < -0.3 is 15.8 Å². The molecule has 1 atom stereocenters. The summed E-state index contributed by atoms with van der Waals surface area (Å²) in [4.78, 5) is 11.8. The second kappa shape index (κ2) is 6.38. The van der Waals surface area contributed by atoms with Crippen molar-refractivity contribution in [1.82, 2.24) is 10.6 Å². The summed E-state index contributed by atoms with van der Waals surface area (Å²) in [7, 11) is 0. The molecule has 0 saturated heterocycles. The number of nitrogens with two attached hydrogens (primary N) is 1. The van der Waals surface area contributed by atoms with Crippen LogP contribution in [0.2, 0.25) is 0 Å². The van der Waals surface area contributed by atoms with Gasteiger partial charge in [0.15, 0.2) is 5.11 Å². The first-order valence-electron chi connectivity index (χ1n) is 5.88. The van der Waals surface area contributed by atoms with Crippen molar-refractivity contribution in [3.8, 4) is 0 Å². The Balaban J connectivity index is 2.76. The van der Waals surface area contributed by atoms with Gasteiger partial charge in [-0.25, -0.2) is 4.79 Å². The third kappa shape index (κ3) is 6.05. The highest BCUT2D eigenvalue weighted by molar-refractivity contribution is 7.80. The first-order chi connectivity index (χ1) is 8.78. The molecule has 1 rings (SSSR count). The van der Waals surface area contributed by atoms with E-state index in [0.717, 1.165) is 5.56 Å². The fourth-order valence-corrected chi connectivity index (χ4v) is 1.53. The van der Waals surface area contributed by atoms with Crippen molar-refractivity contribution in [2.75, 3.05) is 0 Å². The molecule has 104 valence electrons. The van der Waals surface area contributed by atoms with Gasteiger partial charge >= 0.3 is 6.09 Å². The Morgan fingerprint density at radius 3 is 2.32 bits per heavy atom. The molecule has 0 fully saturated rings. The van der Waals surface area contributed by atoms with Crippen LogP contribution in [0.15, 0.2) is 30.3 Å². The number of amides is 1. The number of hydrogen-bond donors (Lipinski definition) is 3. The predicted molar refractivity (Wildman–Crippen MR) is 78.5 cm³/mol. The molecule has 0 aliphatic heterocycles. The van der Waals surface area contributed by atoms with Crippen molar-refractivity contribution >= 4 is 23.4 Å². The van der Waals surface area contributed by atoms with E-state index >= 15 is 0 Å². The Morgan fingerprint density at radius 1 is 1.26 bits per heavy atom. The van der Waals surface area contributed by atoms with E-state index in [1.807, 2.05) is 30.3 Å². The Bertz CT molecular complexity index is 443. The molecule has 1 amide bonds. The molecule has 5 nitrogen and oxygen atoms in total. The average Bonchev–Trinajstić information content (AvgIpc) is 2.26. The number of ether oxygens (including phenoxy) is 1. The van der Waals surface area contributed by atoms with Crippen LogP contribution in [0.3, 0.4) is 0 Å².